The third-order valence-electron chi connectivity index (χ3n) is 0.797. The molecule has 0 radical (unpaired) electrons. The van der Waals surface area contributed by atoms with Crippen molar-refractivity contribution in [3.63, 3.8) is 0 Å². The Balaban J connectivity index is 3.85. The number of rotatable bonds is 2. The van der Waals surface area contributed by atoms with Crippen molar-refractivity contribution in [2.75, 3.05) is 0 Å². The minimum absolute atomic E-state index is 0.848. The molecule has 0 aliphatic heterocycles. The van der Waals surface area contributed by atoms with E-state index < -0.39 is 11.8 Å². The molecule has 2 amide bonds. The number of hydrogen-bond acceptors (Lipinski definition) is 4. The van der Waals surface area contributed by atoms with Crippen molar-refractivity contribution >= 4 is 24.2 Å². The van der Waals surface area contributed by atoms with Crippen LogP contribution in [0, 0.1) is 0 Å². The third kappa shape index (κ3) is 4.15. The fourth-order valence-corrected chi connectivity index (χ4v) is 0.348. The van der Waals surface area contributed by atoms with Crippen LogP contribution >= 0.6 is 0 Å². The van der Waals surface area contributed by atoms with E-state index in [1.807, 2.05) is 10.9 Å². The van der Waals surface area contributed by atoms with Crippen LogP contribution in [0.5, 0.6) is 0 Å². The van der Waals surface area contributed by atoms with Gasteiger partial charge in [-0.1, -0.05) is 0 Å². The second-order valence-electron chi connectivity index (χ2n) is 1.66. The van der Waals surface area contributed by atoms with Gasteiger partial charge in [-0.3, -0.25) is 9.59 Å². The van der Waals surface area contributed by atoms with Gasteiger partial charge < -0.3 is 0 Å². The van der Waals surface area contributed by atoms with E-state index in [0.29, 0.717) is 0 Å². The van der Waals surface area contributed by atoms with E-state index in [1.165, 1.54) is 12.4 Å². The van der Waals surface area contributed by atoms with Crippen LogP contribution in [0.4, 0.5) is 0 Å². The average molecular weight is 170 g/mol. The van der Waals surface area contributed by atoms with Gasteiger partial charge in [0.25, 0.3) is 0 Å². The Morgan fingerprint density at radius 2 is 1.33 bits per heavy atom. The first kappa shape index (κ1) is 10.3. The molecule has 12 heavy (non-hydrogen) atoms. The summed E-state index contributed by atoms with van der Waals surface area (Å²) in [5.74, 6) is -1.70. The normalized spacial score (nSPS) is 10.5. The molecule has 0 aliphatic carbocycles. The van der Waals surface area contributed by atoms with E-state index in [0.717, 1.165) is 0 Å². The number of hydrazone groups is 2. The summed E-state index contributed by atoms with van der Waals surface area (Å²) in [6.45, 7) is 3.23. The Morgan fingerprint density at radius 3 is 1.58 bits per heavy atom. The lowest BCUT2D eigenvalue weighted by Crippen LogP contribution is -2.35. The van der Waals surface area contributed by atoms with E-state index >= 15 is 0 Å². The first-order valence-electron chi connectivity index (χ1n) is 3.28. The van der Waals surface area contributed by atoms with Crippen LogP contribution in [0.3, 0.4) is 0 Å². The molecule has 0 saturated carbocycles. The summed E-state index contributed by atoms with van der Waals surface area (Å²) < 4.78 is 0. The van der Waals surface area contributed by atoms with Crippen molar-refractivity contribution in [2.45, 2.75) is 13.8 Å². The maximum Gasteiger partial charge on any atom is 0.331 e. The van der Waals surface area contributed by atoms with Crippen molar-refractivity contribution in [1.29, 1.82) is 0 Å². The summed E-state index contributed by atoms with van der Waals surface area (Å²) in [6, 6.07) is 0. The van der Waals surface area contributed by atoms with Crippen LogP contribution in [0.15, 0.2) is 10.2 Å². The molecule has 2 N–H and O–H groups in total. The minimum Gasteiger partial charge on any atom is -0.262 e. The molecule has 0 aromatic heterocycles. The summed E-state index contributed by atoms with van der Waals surface area (Å²) in [7, 11) is 0. The highest BCUT2D eigenvalue weighted by Crippen LogP contribution is 1.68. The second-order valence-corrected chi connectivity index (χ2v) is 1.66. The lowest BCUT2D eigenvalue weighted by Gasteiger charge is -1.95. The van der Waals surface area contributed by atoms with Crippen molar-refractivity contribution < 1.29 is 9.59 Å². The number of nitrogens with one attached hydrogen (secondary N) is 2. The highest BCUT2D eigenvalue weighted by Gasteiger charge is 2.10. The molecule has 0 unspecified atom stereocenters. The summed E-state index contributed by atoms with van der Waals surface area (Å²) in [4.78, 5) is 21.4. The Hall–Kier alpha value is -1.72. The van der Waals surface area contributed by atoms with Crippen molar-refractivity contribution in [3.05, 3.63) is 0 Å². The zero-order chi connectivity index (χ0) is 9.40. The standard InChI is InChI=1S/C6H10N4O2/c1-3-7-9-5(11)6(12)10-8-4-2/h3-4H,1-2H3,(H,9,11)(H,10,12). The Kier molecular flexibility index (Phi) is 5.16. The Morgan fingerprint density at radius 1 is 1.00 bits per heavy atom. The quantitative estimate of drug-likeness (QED) is 0.324. The summed E-state index contributed by atoms with van der Waals surface area (Å²) in [6.07, 6.45) is 2.71. The zero-order valence-corrected chi connectivity index (χ0v) is 6.87. The Labute approximate surface area is 69.7 Å². The number of amides is 2. The maximum atomic E-state index is 10.7. The van der Waals surface area contributed by atoms with Gasteiger partial charge >= 0.3 is 11.8 Å². The lowest BCUT2D eigenvalue weighted by molar-refractivity contribution is -0.139. The molecule has 0 heterocycles. The van der Waals surface area contributed by atoms with Crippen LogP contribution in [-0.4, -0.2) is 24.2 Å². The monoisotopic (exact) mass is 170 g/mol. The van der Waals surface area contributed by atoms with Crippen molar-refractivity contribution in [1.82, 2.24) is 10.9 Å². The molecule has 0 saturated heterocycles. The van der Waals surface area contributed by atoms with Gasteiger partial charge in [0.05, 0.1) is 0 Å². The maximum absolute atomic E-state index is 10.7. The smallest absolute Gasteiger partial charge is 0.262 e. The van der Waals surface area contributed by atoms with Crippen LogP contribution in [0.2, 0.25) is 0 Å². The molecular weight excluding hydrogens is 160 g/mol. The second kappa shape index (κ2) is 6.02. The number of nitrogens with zero attached hydrogens (tertiary/aromatic N) is 2. The van der Waals surface area contributed by atoms with Crippen LogP contribution in [-0.2, 0) is 9.59 Å². The Bertz CT molecular complexity index is 198. The molecule has 0 aromatic carbocycles. The fraction of sp³-hybridized carbons (Fsp3) is 0.333. The van der Waals surface area contributed by atoms with E-state index in [9.17, 15) is 9.59 Å². The SMILES string of the molecule is CC=NNC(=O)C(=O)NN=CC. The largest absolute Gasteiger partial charge is 0.331 e. The predicted octanol–water partition coefficient (Wildman–Crippen LogP) is -0.770. The topological polar surface area (TPSA) is 82.9 Å². The summed E-state index contributed by atoms with van der Waals surface area (Å²) in [5, 5.41) is 6.73. The van der Waals surface area contributed by atoms with E-state index in [-0.39, 0.29) is 0 Å². The summed E-state index contributed by atoms with van der Waals surface area (Å²) in [5.41, 5.74) is 3.97. The molecule has 6 heteroatoms. The molecule has 0 aromatic rings. The van der Waals surface area contributed by atoms with E-state index in [1.54, 1.807) is 13.8 Å². The zero-order valence-electron chi connectivity index (χ0n) is 6.87. The van der Waals surface area contributed by atoms with Crippen LogP contribution in [0.1, 0.15) is 13.8 Å². The van der Waals surface area contributed by atoms with E-state index in [4.69, 9.17) is 0 Å². The first-order valence-corrected chi connectivity index (χ1v) is 3.28. The molecule has 0 rings (SSSR count). The highest BCUT2D eigenvalue weighted by molar-refractivity contribution is 6.35. The van der Waals surface area contributed by atoms with Gasteiger partial charge in [-0.25, -0.2) is 10.9 Å². The predicted molar refractivity (Wildman–Crippen MR) is 44.6 cm³/mol. The minimum atomic E-state index is -0.848. The van der Waals surface area contributed by atoms with E-state index in [2.05, 4.69) is 10.2 Å². The fourth-order valence-electron chi connectivity index (χ4n) is 0.348. The molecule has 0 bridgehead atoms. The van der Waals surface area contributed by atoms with Gasteiger partial charge in [0.1, 0.15) is 0 Å². The molecule has 0 atom stereocenters. The lowest BCUT2D eigenvalue weighted by atomic mass is 10.6. The van der Waals surface area contributed by atoms with Crippen molar-refractivity contribution in [2.24, 2.45) is 10.2 Å². The van der Waals surface area contributed by atoms with Gasteiger partial charge in [-0.05, 0) is 13.8 Å². The van der Waals surface area contributed by atoms with Crippen molar-refractivity contribution in [3.8, 4) is 0 Å². The van der Waals surface area contributed by atoms with Gasteiger partial charge in [-0.2, -0.15) is 10.2 Å². The van der Waals surface area contributed by atoms with Gasteiger partial charge in [-0.15, -0.1) is 0 Å². The average Bonchev–Trinajstić information content (AvgIpc) is 2.10. The molecular formula is C6H10N4O2. The number of hydrogen-bond donors (Lipinski definition) is 2. The molecule has 0 aliphatic rings. The van der Waals surface area contributed by atoms with Gasteiger partial charge in [0, 0.05) is 12.4 Å². The molecule has 0 spiro atoms. The third-order valence-corrected chi connectivity index (χ3v) is 0.797. The summed E-state index contributed by atoms with van der Waals surface area (Å²) >= 11 is 0. The molecule has 66 valence electrons. The number of carbonyl (C=O) groups excluding carboxylic acids is 2. The van der Waals surface area contributed by atoms with Gasteiger partial charge in [0.15, 0.2) is 0 Å². The highest BCUT2D eigenvalue weighted by atomic mass is 16.2. The molecule has 6 nitrogen and oxygen atoms in total. The molecule has 0 fully saturated rings. The first-order chi connectivity index (χ1) is 5.72. The van der Waals surface area contributed by atoms with Gasteiger partial charge in [0.2, 0.25) is 0 Å². The van der Waals surface area contributed by atoms with Crippen LogP contribution in [0.25, 0.3) is 0 Å². The number of carbonyl (C=O) groups is 2. The van der Waals surface area contributed by atoms with Crippen LogP contribution < -0.4 is 10.9 Å².